The maximum atomic E-state index is 12.8. The number of methoxy groups -OCH3 is 2. The molecule has 0 atom stereocenters. The number of amides is 1. The van der Waals surface area contributed by atoms with Gasteiger partial charge in [-0.2, -0.15) is 5.10 Å². The summed E-state index contributed by atoms with van der Waals surface area (Å²) in [5.41, 5.74) is 2.89. The Kier molecular flexibility index (Phi) is 5.92. The third-order valence-corrected chi connectivity index (χ3v) is 4.76. The largest absolute Gasteiger partial charge is 0.493 e. The van der Waals surface area contributed by atoms with Gasteiger partial charge in [-0.15, -0.1) is 0 Å². The summed E-state index contributed by atoms with van der Waals surface area (Å²) in [7, 11) is 3.06. The average Bonchev–Trinajstić information content (AvgIpc) is 3.13. The standard InChI is InChI=1S/C23H27N3O3/c1-23(2,3)17-11-9-16(10-12-17)15-26-20(13-14-24-26)25-22(27)18-7-6-8-19(28-4)21(18)29-5/h6-14H,15H2,1-5H3,(H,25,27). The van der Waals surface area contributed by atoms with Crippen molar-refractivity contribution in [2.75, 3.05) is 19.5 Å². The van der Waals surface area contributed by atoms with E-state index in [0.29, 0.717) is 29.4 Å². The summed E-state index contributed by atoms with van der Waals surface area (Å²) < 4.78 is 12.4. The smallest absolute Gasteiger partial charge is 0.260 e. The molecule has 3 aromatic rings. The molecular weight excluding hydrogens is 366 g/mol. The van der Waals surface area contributed by atoms with Crippen molar-refractivity contribution in [3.8, 4) is 11.5 Å². The number of hydrogen-bond acceptors (Lipinski definition) is 4. The molecular formula is C23H27N3O3. The number of para-hydroxylation sites is 1. The van der Waals surface area contributed by atoms with E-state index in [1.807, 2.05) is 0 Å². The third-order valence-electron chi connectivity index (χ3n) is 4.76. The molecule has 0 aliphatic rings. The van der Waals surface area contributed by atoms with Crippen LogP contribution in [-0.4, -0.2) is 29.9 Å². The van der Waals surface area contributed by atoms with Gasteiger partial charge in [-0.25, -0.2) is 4.68 Å². The molecule has 0 bridgehead atoms. The molecule has 6 nitrogen and oxygen atoms in total. The predicted octanol–water partition coefficient (Wildman–Crippen LogP) is 4.50. The Bertz CT molecular complexity index is 985. The molecule has 152 valence electrons. The highest BCUT2D eigenvalue weighted by Gasteiger charge is 2.18. The monoisotopic (exact) mass is 393 g/mol. The van der Waals surface area contributed by atoms with Gasteiger partial charge in [0, 0.05) is 6.07 Å². The van der Waals surface area contributed by atoms with Crippen molar-refractivity contribution in [3.63, 3.8) is 0 Å². The van der Waals surface area contributed by atoms with Crippen molar-refractivity contribution in [2.45, 2.75) is 32.7 Å². The van der Waals surface area contributed by atoms with Crippen LogP contribution in [0.15, 0.2) is 54.7 Å². The molecule has 0 radical (unpaired) electrons. The number of nitrogens with one attached hydrogen (secondary N) is 1. The molecule has 0 fully saturated rings. The molecule has 0 spiro atoms. The number of anilines is 1. The zero-order valence-electron chi connectivity index (χ0n) is 17.5. The van der Waals surface area contributed by atoms with Crippen molar-refractivity contribution in [1.82, 2.24) is 9.78 Å². The van der Waals surface area contributed by atoms with Crippen LogP contribution in [0.3, 0.4) is 0 Å². The maximum Gasteiger partial charge on any atom is 0.260 e. The van der Waals surface area contributed by atoms with Gasteiger partial charge in [0.1, 0.15) is 5.82 Å². The van der Waals surface area contributed by atoms with Crippen LogP contribution in [0, 0.1) is 0 Å². The molecule has 0 saturated heterocycles. The van der Waals surface area contributed by atoms with Gasteiger partial charge in [-0.1, -0.05) is 51.1 Å². The topological polar surface area (TPSA) is 65.4 Å². The zero-order valence-corrected chi connectivity index (χ0v) is 17.5. The van der Waals surface area contributed by atoms with Gasteiger partial charge in [-0.05, 0) is 28.7 Å². The fourth-order valence-electron chi connectivity index (χ4n) is 3.10. The summed E-state index contributed by atoms with van der Waals surface area (Å²) in [6.45, 7) is 7.13. The minimum Gasteiger partial charge on any atom is -0.493 e. The Morgan fingerprint density at radius 3 is 2.38 bits per heavy atom. The lowest BCUT2D eigenvalue weighted by atomic mass is 9.87. The van der Waals surface area contributed by atoms with Crippen LogP contribution in [0.25, 0.3) is 0 Å². The number of rotatable bonds is 6. The highest BCUT2D eigenvalue weighted by atomic mass is 16.5. The highest BCUT2D eigenvalue weighted by Crippen LogP contribution is 2.31. The number of carbonyl (C=O) groups excluding carboxylic acids is 1. The van der Waals surface area contributed by atoms with E-state index >= 15 is 0 Å². The summed E-state index contributed by atoms with van der Waals surface area (Å²) in [5, 5.41) is 7.27. The van der Waals surface area contributed by atoms with Crippen molar-refractivity contribution in [1.29, 1.82) is 0 Å². The lowest BCUT2D eigenvalue weighted by Gasteiger charge is -2.19. The number of hydrogen-bond donors (Lipinski definition) is 1. The molecule has 6 heteroatoms. The van der Waals surface area contributed by atoms with Gasteiger partial charge in [0.15, 0.2) is 11.5 Å². The van der Waals surface area contributed by atoms with Crippen LogP contribution in [0.2, 0.25) is 0 Å². The third kappa shape index (κ3) is 4.59. The van der Waals surface area contributed by atoms with Gasteiger partial charge < -0.3 is 14.8 Å². The van der Waals surface area contributed by atoms with Crippen LogP contribution >= 0.6 is 0 Å². The Morgan fingerprint density at radius 1 is 1.03 bits per heavy atom. The molecule has 1 heterocycles. The second kappa shape index (κ2) is 8.39. The van der Waals surface area contributed by atoms with Crippen LogP contribution in [-0.2, 0) is 12.0 Å². The van der Waals surface area contributed by atoms with Gasteiger partial charge in [0.05, 0.1) is 32.5 Å². The molecule has 29 heavy (non-hydrogen) atoms. The van der Waals surface area contributed by atoms with E-state index in [9.17, 15) is 4.79 Å². The predicted molar refractivity (Wildman–Crippen MR) is 114 cm³/mol. The Morgan fingerprint density at radius 2 is 1.76 bits per heavy atom. The van der Waals surface area contributed by atoms with Crippen LogP contribution in [0.5, 0.6) is 11.5 Å². The number of carbonyl (C=O) groups is 1. The Labute approximate surface area is 171 Å². The molecule has 0 aliphatic heterocycles. The molecule has 0 saturated carbocycles. The number of ether oxygens (including phenoxy) is 2. The van der Waals surface area contributed by atoms with Crippen LogP contribution < -0.4 is 14.8 Å². The fraction of sp³-hybridized carbons (Fsp3) is 0.304. The molecule has 1 amide bonds. The van der Waals surface area contributed by atoms with E-state index in [4.69, 9.17) is 9.47 Å². The average molecular weight is 393 g/mol. The Balaban J connectivity index is 1.78. The van der Waals surface area contributed by atoms with Gasteiger partial charge >= 0.3 is 0 Å². The van der Waals surface area contributed by atoms with Gasteiger partial charge in [0.25, 0.3) is 5.91 Å². The second-order valence-corrected chi connectivity index (χ2v) is 7.82. The summed E-state index contributed by atoms with van der Waals surface area (Å²) in [6.07, 6.45) is 1.67. The zero-order chi connectivity index (χ0) is 21.0. The molecule has 1 aromatic heterocycles. The first-order valence-corrected chi connectivity index (χ1v) is 9.47. The summed E-state index contributed by atoms with van der Waals surface area (Å²) in [6, 6.07) is 15.4. The molecule has 3 rings (SSSR count). The van der Waals surface area contributed by atoms with Crippen LogP contribution in [0.1, 0.15) is 42.3 Å². The van der Waals surface area contributed by atoms with Crippen LogP contribution in [0.4, 0.5) is 5.82 Å². The summed E-state index contributed by atoms with van der Waals surface area (Å²) in [5.74, 6) is 1.23. The van der Waals surface area contributed by atoms with Gasteiger partial charge in [-0.3, -0.25) is 4.79 Å². The van der Waals surface area contributed by atoms with E-state index in [0.717, 1.165) is 5.56 Å². The lowest BCUT2D eigenvalue weighted by molar-refractivity contribution is 0.102. The van der Waals surface area contributed by atoms with Crippen molar-refractivity contribution in [2.24, 2.45) is 0 Å². The maximum absolute atomic E-state index is 12.8. The Hall–Kier alpha value is -3.28. The quantitative estimate of drug-likeness (QED) is 0.670. The van der Waals surface area contributed by atoms with Gasteiger partial charge in [0.2, 0.25) is 0 Å². The SMILES string of the molecule is COc1cccc(C(=O)Nc2ccnn2Cc2ccc(C(C)(C)C)cc2)c1OC. The van der Waals surface area contributed by atoms with E-state index in [2.05, 4.69) is 55.5 Å². The van der Waals surface area contributed by atoms with E-state index in [1.165, 1.54) is 12.7 Å². The fourth-order valence-corrected chi connectivity index (χ4v) is 3.10. The molecule has 0 aliphatic carbocycles. The number of aromatic nitrogens is 2. The van der Waals surface area contributed by atoms with Crippen molar-refractivity contribution in [3.05, 3.63) is 71.4 Å². The minimum absolute atomic E-state index is 0.110. The van der Waals surface area contributed by atoms with Crippen molar-refractivity contribution < 1.29 is 14.3 Å². The molecule has 1 N–H and O–H groups in total. The number of benzene rings is 2. The first kappa shape index (κ1) is 20.5. The van der Waals surface area contributed by atoms with E-state index in [-0.39, 0.29) is 11.3 Å². The molecule has 0 unspecified atom stereocenters. The normalized spacial score (nSPS) is 11.2. The molecule has 2 aromatic carbocycles. The number of nitrogens with zero attached hydrogens (tertiary/aromatic N) is 2. The minimum atomic E-state index is -0.286. The van der Waals surface area contributed by atoms with E-state index < -0.39 is 0 Å². The lowest BCUT2D eigenvalue weighted by Crippen LogP contribution is -2.17. The summed E-state index contributed by atoms with van der Waals surface area (Å²) >= 11 is 0. The first-order chi connectivity index (χ1) is 13.8. The summed E-state index contributed by atoms with van der Waals surface area (Å²) in [4.78, 5) is 12.8. The second-order valence-electron chi connectivity index (χ2n) is 7.82. The van der Waals surface area contributed by atoms with Crippen molar-refractivity contribution >= 4 is 11.7 Å². The van der Waals surface area contributed by atoms with E-state index in [1.54, 1.807) is 42.3 Å². The first-order valence-electron chi connectivity index (χ1n) is 9.47. The highest BCUT2D eigenvalue weighted by molar-refractivity contribution is 6.06.